The lowest BCUT2D eigenvalue weighted by Gasteiger charge is -2.29. The number of benzene rings is 1. The predicted octanol–water partition coefficient (Wildman–Crippen LogP) is 2.87. The van der Waals surface area contributed by atoms with Crippen molar-refractivity contribution in [3.05, 3.63) is 47.0 Å². The van der Waals surface area contributed by atoms with Crippen LogP contribution in [0.5, 0.6) is 0 Å². The van der Waals surface area contributed by atoms with E-state index < -0.39 is 0 Å². The second kappa shape index (κ2) is 5.48. The van der Waals surface area contributed by atoms with Crippen LogP contribution in [0.3, 0.4) is 0 Å². The van der Waals surface area contributed by atoms with Gasteiger partial charge in [-0.25, -0.2) is 0 Å². The van der Waals surface area contributed by atoms with Gasteiger partial charge in [0.05, 0.1) is 0 Å². The molecular weight excluding hydrogens is 294 g/mol. The Hall–Kier alpha value is -1.42. The smallest absolute Gasteiger partial charge is 0.230 e. The molecule has 1 aromatic carbocycles. The largest absolute Gasteiger partial charge is 0.279 e. The first-order valence-electron chi connectivity index (χ1n) is 5.81. The van der Waals surface area contributed by atoms with Crippen LogP contribution in [0, 0.1) is 0 Å². The van der Waals surface area contributed by atoms with Crippen molar-refractivity contribution < 1.29 is 9.59 Å². The number of likely N-dealkylation sites (tertiary alicyclic amines) is 1. The van der Waals surface area contributed by atoms with Gasteiger partial charge < -0.3 is 0 Å². The first kappa shape index (κ1) is 13.0. The number of nitrogens with zero attached hydrogens (tertiary/aromatic N) is 1. The van der Waals surface area contributed by atoms with Crippen LogP contribution in [0.4, 0.5) is 0 Å². The Bertz CT molecular complexity index is 480. The molecule has 0 atom stereocenters. The average molecular weight is 308 g/mol. The van der Waals surface area contributed by atoms with E-state index in [0.717, 1.165) is 10.0 Å². The van der Waals surface area contributed by atoms with Gasteiger partial charge in [0.2, 0.25) is 11.8 Å². The third-order valence-electron chi connectivity index (χ3n) is 3.08. The number of halogens is 1. The molecule has 1 aromatic rings. The Morgan fingerprint density at radius 3 is 2.56 bits per heavy atom. The fourth-order valence-corrected chi connectivity index (χ4v) is 2.60. The van der Waals surface area contributed by atoms with Gasteiger partial charge in [-0.1, -0.05) is 34.1 Å². The van der Waals surface area contributed by atoms with E-state index in [1.165, 1.54) is 4.90 Å². The first-order chi connectivity index (χ1) is 8.61. The van der Waals surface area contributed by atoms with Gasteiger partial charge in [0.1, 0.15) is 0 Å². The molecule has 94 valence electrons. The highest BCUT2D eigenvalue weighted by molar-refractivity contribution is 9.10. The molecule has 0 radical (unpaired) electrons. The summed E-state index contributed by atoms with van der Waals surface area (Å²) in [5.74, 6) is -0.240. The minimum atomic E-state index is -0.115. The Morgan fingerprint density at radius 1 is 1.33 bits per heavy atom. The van der Waals surface area contributed by atoms with Gasteiger partial charge in [-0.15, -0.1) is 6.58 Å². The highest BCUT2D eigenvalue weighted by Crippen LogP contribution is 2.30. The molecule has 2 amide bonds. The molecule has 1 fully saturated rings. The van der Waals surface area contributed by atoms with E-state index in [1.54, 1.807) is 6.08 Å². The number of carbonyl (C=O) groups is 2. The average Bonchev–Trinajstić information content (AvgIpc) is 2.33. The van der Waals surface area contributed by atoms with Gasteiger partial charge >= 0.3 is 0 Å². The van der Waals surface area contributed by atoms with Crippen LogP contribution in [-0.4, -0.2) is 23.3 Å². The van der Waals surface area contributed by atoms with Gasteiger partial charge in [-0.3, -0.25) is 14.5 Å². The van der Waals surface area contributed by atoms with Crippen LogP contribution in [0.2, 0.25) is 0 Å². The van der Waals surface area contributed by atoms with Gasteiger partial charge in [-0.05, 0) is 17.7 Å². The van der Waals surface area contributed by atoms with Crippen molar-refractivity contribution in [2.24, 2.45) is 0 Å². The normalized spacial score (nSPS) is 17.1. The van der Waals surface area contributed by atoms with Gasteiger partial charge in [0, 0.05) is 29.8 Å². The van der Waals surface area contributed by atoms with Crippen LogP contribution in [0.15, 0.2) is 41.4 Å². The molecule has 0 bridgehead atoms. The molecule has 0 unspecified atom stereocenters. The van der Waals surface area contributed by atoms with E-state index in [2.05, 4.69) is 22.5 Å². The molecule has 2 rings (SSSR count). The van der Waals surface area contributed by atoms with Gasteiger partial charge in [0.25, 0.3) is 0 Å². The van der Waals surface area contributed by atoms with Crippen molar-refractivity contribution in [1.82, 2.24) is 4.90 Å². The third kappa shape index (κ3) is 2.70. The molecule has 1 heterocycles. The van der Waals surface area contributed by atoms with E-state index in [1.807, 2.05) is 24.3 Å². The summed E-state index contributed by atoms with van der Waals surface area (Å²) in [4.78, 5) is 25.1. The fourth-order valence-electron chi connectivity index (χ4n) is 2.18. The zero-order valence-electron chi connectivity index (χ0n) is 9.93. The predicted molar refractivity (Wildman–Crippen MR) is 73.0 cm³/mol. The topological polar surface area (TPSA) is 37.4 Å². The number of carbonyl (C=O) groups excluding carboxylic acids is 2. The fraction of sp³-hybridized carbons (Fsp3) is 0.286. The number of imide groups is 1. The summed E-state index contributed by atoms with van der Waals surface area (Å²) >= 11 is 3.40. The molecule has 1 aliphatic rings. The van der Waals surface area contributed by atoms with Crippen molar-refractivity contribution >= 4 is 27.7 Å². The van der Waals surface area contributed by atoms with Crippen molar-refractivity contribution in [3.63, 3.8) is 0 Å². The SMILES string of the molecule is C=CCN1C(=O)CC(c2cccc(Br)c2)CC1=O. The monoisotopic (exact) mass is 307 g/mol. The summed E-state index contributed by atoms with van der Waals surface area (Å²) in [6, 6.07) is 7.78. The maximum Gasteiger partial charge on any atom is 0.230 e. The summed E-state index contributed by atoms with van der Waals surface area (Å²) in [6.07, 6.45) is 2.35. The summed E-state index contributed by atoms with van der Waals surface area (Å²) in [5, 5.41) is 0. The minimum absolute atomic E-state index is 0.0106. The molecule has 0 aromatic heterocycles. The second-order valence-electron chi connectivity index (χ2n) is 4.35. The van der Waals surface area contributed by atoms with Gasteiger partial charge in [-0.2, -0.15) is 0 Å². The highest BCUT2D eigenvalue weighted by atomic mass is 79.9. The standard InChI is InChI=1S/C14H14BrNO2/c1-2-6-16-13(17)8-11(9-14(16)18)10-4-3-5-12(15)7-10/h2-5,7,11H,1,6,8-9H2. The van der Waals surface area contributed by atoms with Crippen molar-refractivity contribution in [3.8, 4) is 0 Å². The summed E-state index contributed by atoms with van der Waals surface area (Å²) in [7, 11) is 0. The number of hydrogen-bond donors (Lipinski definition) is 0. The van der Waals surface area contributed by atoms with Crippen molar-refractivity contribution in [2.45, 2.75) is 18.8 Å². The molecule has 18 heavy (non-hydrogen) atoms. The first-order valence-corrected chi connectivity index (χ1v) is 6.60. The Labute approximate surface area is 115 Å². The van der Waals surface area contributed by atoms with Crippen LogP contribution in [-0.2, 0) is 9.59 Å². The van der Waals surface area contributed by atoms with E-state index in [-0.39, 0.29) is 17.7 Å². The summed E-state index contributed by atoms with van der Waals surface area (Å²) < 4.78 is 0.966. The van der Waals surface area contributed by atoms with Crippen LogP contribution >= 0.6 is 15.9 Å². The van der Waals surface area contributed by atoms with Crippen molar-refractivity contribution in [1.29, 1.82) is 0 Å². The molecule has 0 spiro atoms. The summed E-state index contributed by atoms with van der Waals surface area (Å²) in [6.45, 7) is 3.87. The molecular formula is C14H14BrNO2. The molecule has 1 saturated heterocycles. The van der Waals surface area contributed by atoms with E-state index >= 15 is 0 Å². The Balaban J connectivity index is 2.17. The van der Waals surface area contributed by atoms with Crippen molar-refractivity contribution in [2.75, 3.05) is 6.54 Å². The Kier molecular flexibility index (Phi) is 3.97. The lowest BCUT2D eigenvalue weighted by atomic mass is 9.88. The summed E-state index contributed by atoms with van der Waals surface area (Å²) in [5.41, 5.74) is 1.03. The number of rotatable bonds is 3. The lowest BCUT2D eigenvalue weighted by Crippen LogP contribution is -2.42. The number of piperidine rings is 1. The quantitative estimate of drug-likeness (QED) is 0.636. The number of hydrogen-bond acceptors (Lipinski definition) is 2. The molecule has 0 aliphatic carbocycles. The van der Waals surface area contributed by atoms with Crippen LogP contribution < -0.4 is 0 Å². The molecule has 4 heteroatoms. The van der Waals surface area contributed by atoms with Gasteiger partial charge in [0.15, 0.2) is 0 Å². The zero-order valence-corrected chi connectivity index (χ0v) is 11.5. The molecule has 3 nitrogen and oxygen atoms in total. The number of amides is 2. The minimum Gasteiger partial charge on any atom is -0.279 e. The highest BCUT2D eigenvalue weighted by Gasteiger charge is 2.32. The molecule has 1 aliphatic heterocycles. The molecule has 0 saturated carbocycles. The maximum absolute atomic E-state index is 11.9. The third-order valence-corrected chi connectivity index (χ3v) is 3.57. The van der Waals surface area contributed by atoms with E-state index in [4.69, 9.17) is 0 Å². The van der Waals surface area contributed by atoms with Crippen LogP contribution in [0.25, 0.3) is 0 Å². The zero-order chi connectivity index (χ0) is 13.1. The van der Waals surface area contributed by atoms with E-state index in [9.17, 15) is 9.59 Å². The van der Waals surface area contributed by atoms with E-state index in [0.29, 0.717) is 19.4 Å². The molecule has 0 N–H and O–H groups in total. The van der Waals surface area contributed by atoms with Crippen LogP contribution in [0.1, 0.15) is 24.3 Å². The lowest BCUT2D eigenvalue weighted by molar-refractivity contribution is -0.147. The maximum atomic E-state index is 11.9. The Morgan fingerprint density at radius 2 is 2.00 bits per heavy atom. The second-order valence-corrected chi connectivity index (χ2v) is 5.26.